The molecule has 0 bridgehead atoms. The Kier molecular flexibility index (Phi) is 16.5. The van der Waals surface area contributed by atoms with Gasteiger partial charge in [-0.1, -0.05) is 64.2 Å². The third-order valence-electron chi connectivity index (χ3n) is 21.2. The van der Waals surface area contributed by atoms with Crippen LogP contribution in [-0.2, 0) is 66.4 Å². The van der Waals surface area contributed by atoms with Crippen molar-refractivity contribution in [2.45, 2.75) is 294 Å². The molecule has 0 amide bonds. The number of aliphatic hydroxyl groups excluding tert-OH is 7. The van der Waals surface area contributed by atoms with Crippen LogP contribution in [0.2, 0.25) is 0 Å². The van der Waals surface area contributed by atoms with Gasteiger partial charge in [-0.05, 0) is 44.4 Å². The lowest BCUT2D eigenvalue weighted by molar-refractivity contribution is -0.339. The van der Waals surface area contributed by atoms with Gasteiger partial charge in [0.25, 0.3) is 0 Å². The number of aliphatic hydroxyl groups is 7. The van der Waals surface area contributed by atoms with Crippen LogP contribution in [0.5, 0.6) is 0 Å². The van der Waals surface area contributed by atoms with E-state index in [0.717, 1.165) is 6.42 Å². The Hall–Kier alpha value is -1.91. The molecule has 1 spiro atoms. The first-order valence-electron chi connectivity index (χ1n) is 30.6. The zero-order valence-electron chi connectivity index (χ0n) is 47.2. The molecule has 81 heavy (non-hydrogen) atoms. The first-order chi connectivity index (χ1) is 38.8. The zero-order valence-corrected chi connectivity index (χ0v) is 47.2. The van der Waals surface area contributed by atoms with Crippen LogP contribution in [0.25, 0.3) is 0 Å². The molecule has 13 aliphatic heterocycles. The minimum Gasteiger partial charge on any atom is -0.394 e. The van der Waals surface area contributed by atoms with Crippen LogP contribution >= 0.6 is 0 Å². The van der Waals surface area contributed by atoms with E-state index >= 15 is 0 Å². The summed E-state index contributed by atoms with van der Waals surface area (Å²) in [5, 5.41) is 76.9. The Labute approximate surface area is 473 Å². The Balaban J connectivity index is 0.676. The van der Waals surface area contributed by atoms with E-state index in [4.69, 9.17) is 61.6 Å². The van der Waals surface area contributed by atoms with Gasteiger partial charge in [0.05, 0.1) is 135 Å². The molecule has 13 aliphatic rings. The van der Waals surface area contributed by atoms with E-state index in [1.54, 1.807) is 0 Å². The Morgan fingerprint density at radius 1 is 0.556 bits per heavy atom. The molecule has 21 nitrogen and oxygen atoms in total. The molecule has 13 heterocycles. The number of rotatable bonds is 4. The second kappa shape index (κ2) is 23.0. The van der Waals surface area contributed by atoms with Crippen LogP contribution < -0.4 is 0 Å². The van der Waals surface area contributed by atoms with Crippen LogP contribution in [-0.4, -0.2) is 237 Å². The highest BCUT2D eigenvalue weighted by Crippen LogP contribution is 2.52. The van der Waals surface area contributed by atoms with E-state index in [2.05, 4.69) is 32.9 Å². The molecule has 0 aromatic rings. The van der Waals surface area contributed by atoms with E-state index in [1.165, 1.54) is 0 Å². The molecule has 0 saturated carbocycles. The molecular formula is C60H88O21. The van der Waals surface area contributed by atoms with Crippen molar-refractivity contribution in [3.63, 3.8) is 0 Å². The van der Waals surface area contributed by atoms with Gasteiger partial charge < -0.3 is 97.3 Å². The highest BCUT2D eigenvalue weighted by Gasteiger charge is 2.63. The van der Waals surface area contributed by atoms with Crippen LogP contribution in [0.15, 0.2) is 36.5 Å². The number of ketones is 1. The third-order valence-corrected chi connectivity index (χ3v) is 21.2. The smallest absolute Gasteiger partial charge is 0.174 e. The van der Waals surface area contributed by atoms with Crippen molar-refractivity contribution in [1.29, 1.82) is 0 Å². The van der Waals surface area contributed by atoms with Gasteiger partial charge >= 0.3 is 0 Å². The lowest BCUT2D eigenvalue weighted by atomic mass is 9.75. The van der Waals surface area contributed by atoms with Gasteiger partial charge in [-0.3, -0.25) is 4.79 Å². The Bertz CT molecular complexity index is 2320. The van der Waals surface area contributed by atoms with Crippen LogP contribution in [0.1, 0.15) is 112 Å². The second-order valence-corrected chi connectivity index (χ2v) is 26.7. The number of ether oxygens (including phenoxy) is 13. The molecule has 10 fully saturated rings. The molecule has 0 aromatic heterocycles. The van der Waals surface area contributed by atoms with Gasteiger partial charge in [0.15, 0.2) is 5.79 Å². The molecule has 7 N–H and O–H groups in total. The normalized spacial score (nSPS) is 56.3. The highest BCUT2D eigenvalue weighted by molar-refractivity contribution is 5.80. The molecule has 0 radical (unpaired) electrons. The summed E-state index contributed by atoms with van der Waals surface area (Å²) in [6.07, 6.45) is -1.77. The molecule has 0 aliphatic carbocycles. The summed E-state index contributed by atoms with van der Waals surface area (Å²) in [5.41, 5.74) is -1.07. The number of carbonyl (C=O) groups is 1. The van der Waals surface area contributed by atoms with Gasteiger partial charge in [0, 0.05) is 63.2 Å². The Morgan fingerprint density at radius 3 is 1.93 bits per heavy atom. The lowest BCUT2D eigenvalue weighted by Gasteiger charge is -2.53. The number of hydrogen-bond donors (Lipinski definition) is 7. The summed E-state index contributed by atoms with van der Waals surface area (Å²) in [4.78, 5) is 13.1. The maximum Gasteiger partial charge on any atom is 0.174 e. The fourth-order valence-electron chi connectivity index (χ4n) is 16.4. The van der Waals surface area contributed by atoms with E-state index in [-0.39, 0.29) is 92.3 Å². The van der Waals surface area contributed by atoms with Crippen molar-refractivity contribution in [2.24, 2.45) is 23.7 Å². The van der Waals surface area contributed by atoms with E-state index in [1.807, 2.05) is 38.2 Å². The molecule has 34 atom stereocenters. The molecule has 1 unspecified atom stereocenters. The van der Waals surface area contributed by atoms with Crippen molar-refractivity contribution < 1.29 is 102 Å². The van der Waals surface area contributed by atoms with Crippen LogP contribution in [0.3, 0.4) is 0 Å². The monoisotopic (exact) mass is 1140 g/mol. The zero-order chi connectivity index (χ0) is 56.4. The minimum absolute atomic E-state index is 0.0280. The summed E-state index contributed by atoms with van der Waals surface area (Å²) in [5.74, 6) is -1.46. The van der Waals surface area contributed by atoms with Crippen molar-refractivity contribution >= 4 is 5.78 Å². The highest BCUT2D eigenvalue weighted by atomic mass is 16.7. The maximum absolute atomic E-state index is 13.1. The summed E-state index contributed by atoms with van der Waals surface area (Å²) in [6.45, 7) is 10.0. The molecule has 21 heteroatoms. The second-order valence-electron chi connectivity index (χ2n) is 26.7. The fraction of sp³-hybridized carbons (Fsp3) is 0.883. The predicted octanol–water partition coefficient (Wildman–Crippen LogP) is 1.56. The molecule has 454 valence electrons. The number of fused-ring (bicyclic) bond motifs is 11. The average molecular weight is 1150 g/mol. The van der Waals surface area contributed by atoms with Gasteiger partial charge in [0.2, 0.25) is 0 Å². The van der Waals surface area contributed by atoms with Gasteiger partial charge in [0.1, 0.15) is 60.2 Å². The summed E-state index contributed by atoms with van der Waals surface area (Å²) in [6, 6.07) is 0. The van der Waals surface area contributed by atoms with Gasteiger partial charge in [-0.25, -0.2) is 0 Å². The summed E-state index contributed by atoms with van der Waals surface area (Å²) >= 11 is 0. The predicted molar refractivity (Wildman–Crippen MR) is 281 cm³/mol. The minimum atomic E-state index is -1.25. The molecule has 13 rings (SSSR count). The van der Waals surface area contributed by atoms with Crippen molar-refractivity contribution in [1.82, 2.24) is 0 Å². The van der Waals surface area contributed by atoms with E-state index in [0.29, 0.717) is 44.9 Å². The largest absolute Gasteiger partial charge is 0.394 e. The molecule has 10 saturated heterocycles. The quantitative estimate of drug-likeness (QED) is 0.197. The van der Waals surface area contributed by atoms with Gasteiger partial charge in [-0.2, -0.15) is 0 Å². The maximum atomic E-state index is 13.1. The number of hydrogen-bond acceptors (Lipinski definition) is 21. The average Bonchev–Trinajstić information content (AvgIpc) is 3.55. The fourth-order valence-corrected chi connectivity index (χ4v) is 16.4. The van der Waals surface area contributed by atoms with Gasteiger partial charge in [-0.15, -0.1) is 0 Å². The molecule has 0 aromatic carbocycles. The Morgan fingerprint density at radius 2 is 1.17 bits per heavy atom. The van der Waals surface area contributed by atoms with Crippen LogP contribution in [0.4, 0.5) is 0 Å². The topological polar surface area (TPSA) is 279 Å². The van der Waals surface area contributed by atoms with Crippen LogP contribution in [0, 0.1) is 23.7 Å². The SMILES string of the molecule is C[C@@H]1C[C@@H]2O[C@@H]3[C@@H](C)[C@H](O)[C@@H]4O[C@]5(C[C@H](O)CO5)[C@@H](C)[C@H](C)[C@H]4O[C@H]3C[C@H]2O[C@H]2C[C@H]3O[C@H]4C/C=C\C[C@H]5O[C@H]6C=C[C@H]7O[C@H]8[C@H](O)[C@H]9O[C@@H](C(O)C[C@H](O)CO)CC(=O)C[C@@H]9O[C@@H]8C[C@@H]7O[C@@H]6C=C[C@@H]5O[C@@H]4C[C@@H](O)[C@]3(C)O[C@@H]2C1. The van der Waals surface area contributed by atoms with Crippen molar-refractivity contribution in [3.05, 3.63) is 36.5 Å². The molecular weight excluding hydrogens is 1060 g/mol. The standard InChI is InChI=1S/C60H88O21/c1-26-14-41-43(20-48-54(78-41)28(3)52(67)58-55(79-48)27(2)29(4)60(81-58)23-32(64)25-69-60)73-45-22-51-59(5,80-46(45)15-26)50(66)21-44-35(75-51)9-7-6-8-34-36(72-44)10-11-38-37(70-34)12-13-39-42(71-38)19-49-57(76-39)53(68)56-47(74-49)18-30(62)17-40(77-56)33(65)16-31(63)24-61/h6-7,10-13,26-29,31-58,61,63-68H,8-9,14-25H2,1-5H3/b7-6-/t26-,27+,28+,29+,31+,32+,33?,34-,35+,36+,37+,38-,39-,40-,41+,42+,43-,44-,45+,46-,47+,48+,49-,50-,51-,52+,53-,54-,55-,56+,57-,58+,59+,60-/m1/s1. The van der Waals surface area contributed by atoms with Crippen molar-refractivity contribution in [2.75, 3.05) is 13.2 Å². The van der Waals surface area contributed by atoms with Crippen molar-refractivity contribution in [3.8, 4) is 0 Å². The first kappa shape index (κ1) is 58.1. The first-order valence-corrected chi connectivity index (χ1v) is 30.6. The lowest BCUT2D eigenvalue weighted by Crippen LogP contribution is -2.64. The summed E-state index contributed by atoms with van der Waals surface area (Å²) in [7, 11) is 0. The number of Topliss-reactive ketones (excluding diaryl/α,β-unsaturated/α-hetero) is 1. The summed E-state index contributed by atoms with van der Waals surface area (Å²) < 4.78 is 88.5. The third kappa shape index (κ3) is 10.9. The van der Waals surface area contributed by atoms with E-state index in [9.17, 15) is 40.5 Å². The van der Waals surface area contributed by atoms with E-state index < -0.39 is 158 Å². The number of carbonyl (C=O) groups excluding carboxylic acids is 1.